The summed E-state index contributed by atoms with van der Waals surface area (Å²) in [6.45, 7) is 8.19. The van der Waals surface area contributed by atoms with Crippen molar-refractivity contribution in [2.75, 3.05) is 36.0 Å². The normalized spacial score (nSPS) is 23.9. The first-order valence-corrected chi connectivity index (χ1v) is 8.73. The summed E-state index contributed by atoms with van der Waals surface area (Å²) in [5.41, 5.74) is 2.39. The van der Waals surface area contributed by atoms with Crippen molar-refractivity contribution in [3.63, 3.8) is 0 Å². The second-order valence-electron chi connectivity index (χ2n) is 7.29. The van der Waals surface area contributed by atoms with Crippen LogP contribution in [0.1, 0.15) is 30.5 Å². The van der Waals surface area contributed by atoms with E-state index in [1.165, 1.54) is 19.3 Å². The third-order valence-electron chi connectivity index (χ3n) is 5.26. The molecule has 6 nitrogen and oxygen atoms in total. The van der Waals surface area contributed by atoms with E-state index in [2.05, 4.69) is 36.0 Å². The van der Waals surface area contributed by atoms with E-state index in [1.807, 2.05) is 32.3 Å². The predicted octanol–water partition coefficient (Wildman–Crippen LogP) is 2.38. The molecule has 0 N–H and O–H groups in total. The van der Waals surface area contributed by atoms with Crippen LogP contribution in [0.4, 0.5) is 11.8 Å². The Morgan fingerprint density at radius 2 is 1.71 bits per heavy atom. The maximum atomic E-state index is 4.50. The number of piperidine rings is 1. The van der Waals surface area contributed by atoms with Crippen LogP contribution in [0, 0.1) is 19.3 Å². The molecule has 2 saturated heterocycles. The van der Waals surface area contributed by atoms with Gasteiger partial charge in [0, 0.05) is 44.0 Å². The predicted molar refractivity (Wildman–Crippen MR) is 94.2 cm³/mol. The summed E-state index contributed by atoms with van der Waals surface area (Å²) < 4.78 is 0. The smallest absolute Gasteiger partial charge is 0.225 e. The Bertz CT molecular complexity index is 698. The quantitative estimate of drug-likeness (QED) is 0.845. The maximum Gasteiger partial charge on any atom is 0.225 e. The summed E-state index contributed by atoms with van der Waals surface area (Å²) in [5, 5.41) is 8.60. The number of hydrogen-bond donors (Lipinski definition) is 0. The van der Waals surface area contributed by atoms with E-state index >= 15 is 0 Å². The van der Waals surface area contributed by atoms with Crippen LogP contribution in [0.15, 0.2) is 24.5 Å². The molecule has 2 aliphatic heterocycles. The molecule has 0 amide bonds. The largest absolute Gasteiger partial charge is 0.355 e. The molecule has 2 aromatic rings. The molecule has 0 bridgehead atoms. The van der Waals surface area contributed by atoms with Crippen molar-refractivity contribution in [2.45, 2.75) is 33.1 Å². The summed E-state index contributed by atoms with van der Waals surface area (Å²) in [7, 11) is 0. The first-order valence-electron chi connectivity index (χ1n) is 8.73. The number of nitrogens with zero attached hydrogens (tertiary/aromatic N) is 6. The Hall–Kier alpha value is -2.24. The van der Waals surface area contributed by atoms with E-state index in [1.54, 1.807) is 0 Å². The fourth-order valence-corrected chi connectivity index (χ4v) is 3.95. The van der Waals surface area contributed by atoms with Crippen LogP contribution in [0.3, 0.4) is 0 Å². The molecule has 0 aromatic carbocycles. The second kappa shape index (κ2) is 6.00. The molecule has 0 aliphatic carbocycles. The SMILES string of the molecule is Cc1cnc(N2CC[C@@]3(CCCN(c4ccc(C)nn4)C3)C2)nc1. The maximum absolute atomic E-state index is 4.50. The van der Waals surface area contributed by atoms with Gasteiger partial charge in [-0.05, 0) is 50.8 Å². The van der Waals surface area contributed by atoms with Gasteiger partial charge in [0.1, 0.15) is 0 Å². The minimum atomic E-state index is 0.319. The third-order valence-corrected chi connectivity index (χ3v) is 5.26. The molecule has 2 aromatic heterocycles. The van der Waals surface area contributed by atoms with E-state index in [0.29, 0.717) is 5.41 Å². The average molecular weight is 324 g/mol. The first-order chi connectivity index (χ1) is 11.6. The molecular weight excluding hydrogens is 300 g/mol. The number of rotatable bonds is 2. The van der Waals surface area contributed by atoms with Crippen LogP contribution in [-0.4, -0.2) is 46.3 Å². The van der Waals surface area contributed by atoms with Gasteiger partial charge in [0.05, 0.1) is 5.69 Å². The highest BCUT2D eigenvalue weighted by Crippen LogP contribution is 2.40. The van der Waals surface area contributed by atoms with Crippen LogP contribution >= 0.6 is 0 Å². The lowest BCUT2D eigenvalue weighted by Crippen LogP contribution is -2.45. The summed E-state index contributed by atoms with van der Waals surface area (Å²) in [6, 6.07) is 4.14. The van der Waals surface area contributed by atoms with Crippen molar-refractivity contribution < 1.29 is 0 Å². The number of aromatic nitrogens is 4. The van der Waals surface area contributed by atoms with Crippen LogP contribution in [0.2, 0.25) is 0 Å². The van der Waals surface area contributed by atoms with Gasteiger partial charge in [-0.3, -0.25) is 0 Å². The second-order valence-corrected chi connectivity index (χ2v) is 7.29. The zero-order chi connectivity index (χ0) is 16.6. The third kappa shape index (κ3) is 2.92. The highest BCUT2D eigenvalue weighted by molar-refractivity contribution is 5.40. The molecule has 126 valence electrons. The van der Waals surface area contributed by atoms with Crippen molar-refractivity contribution in [1.82, 2.24) is 20.2 Å². The Labute approximate surface area is 142 Å². The van der Waals surface area contributed by atoms with Gasteiger partial charge in [-0.15, -0.1) is 5.10 Å². The molecule has 0 saturated carbocycles. The lowest BCUT2D eigenvalue weighted by Gasteiger charge is -2.40. The summed E-state index contributed by atoms with van der Waals surface area (Å²) in [6.07, 6.45) is 7.48. The van der Waals surface area contributed by atoms with Crippen molar-refractivity contribution in [1.29, 1.82) is 0 Å². The van der Waals surface area contributed by atoms with Gasteiger partial charge >= 0.3 is 0 Å². The molecule has 6 heteroatoms. The Morgan fingerprint density at radius 3 is 2.46 bits per heavy atom. The van der Waals surface area contributed by atoms with E-state index in [-0.39, 0.29) is 0 Å². The Kier molecular flexibility index (Phi) is 3.82. The molecule has 1 atom stereocenters. The number of aryl methyl sites for hydroxylation is 2. The molecule has 24 heavy (non-hydrogen) atoms. The molecular formula is C18H24N6. The Morgan fingerprint density at radius 1 is 0.917 bits per heavy atom. The fraction of sp³-hybridized carbons (Fsp3) is 0.556. The van der Waals surface area contributed by atoms with Gasteiger partial charge in [0.25, 0.3) is 0 Å². The highest BCUT2D eigenvalue weighted by atomic mass is 15.3. The first kappa shape index (κ1) is 15.3. The molecule has 0 radical (unpaired) electrons. The van der Waals surface area contributed by atoms with Crippen molar-refractivity contribution >= 4 is 11.8 Å². The van der Waals surface area contributed by atoms with E-state index in [0.717, 1.165) is 49.2 Å². The molecule has 0 unspecified atom stereocenters. The van der Waals surface area contributed by atoms with Gasteiger partial charge in [-0.25, -0.2) is 9.97 Å². The number of hydrogen-bond acceptors (Lipinski definition) is 6. The number of anilines is 2. The van der Waals surface area contributed by atoms with Gasteiger partial charge in [-0.1, -0.05) is 0 Å². The lowest BCUT2D eigenvalue weighted by atomic mass is 9.79. The van der Waals surface area contributed by atoms with Gasteiger partial charge < -0.3 is 9.80 Å². The van der Waals surface area contributed by atoms with E-state index in [9.17, 15) is 0 Å². The molecule has 2 fully saturated rings. The van der Waals surface area contributed by atoms with Crippen molar-refractivity contribution in [2.24, 2.45) is 5.41 Å². The van der Waals surface area contributed by atoms with Crippen LogP contribution in [-0.2, 0) is 0 Å². The minimum absolute atomic E-state index is 0.319. The Balaban J connectivity index is 1.49. The lowest BCUT2D eigenvalue weighted by molar-refractivity contribution is 0.262. The summed E-state index contributed by atoms with van der Waals surface area (Å²) in [5.74, 6) is 1.87. The van der Waals surface area contributed by atoms with E-state index in [4.69, 9.17) is 0 Å². The highest BCUT2D eigenvalue weighted by Gasteiger charge is 2.42. The van der Waals surface area contributed by atoms with Crippen LogP contribution < -0.4 is 9.80 Å². The molecule has 4 rings (SSSR count). The standard InChI is InChI=1S/C18H24N6/c1-14-10-19-17(20-11-14)24-9-7-18(13-24)6-3-8-23(12-18)16-5-4-15(2)21-22-16/h4-5,10-11H,3,6-9,12-13H2,1-2H3/t18-/m1/s1. The van der Waals surface area contributed by atoms with Crippen LogP contribution in [0.5, 0.6) is 0 Å². The summed E-state index contributed by atoms with van der Waals surface area (Å²) >= 11 is 0. The van der Waals surface area contributed by atoms with E-state index < -0.39 is 0 Å². The van der Waals surface area contributed by atoms with Gasteiger partial charge in [0.15, 0.2) is 5.82 Å². The molecule has 4 heterocycles. The van der Waals surface area contributed by atoms with Gasteiger partial charge in [-0.2, -0.15) is 5.10 Å². The minimum Gasteiger partial charge on any atom is -0.355 e. The molecule has 2 aliphatic rings. The topological polar surface area (TPSA) is 58.0 Å². The fourth-order valence-electron chi connectivity index (χ4n) is 3.95. The molecule has 1 spiro atoms. The average Bonchev–Trinajstić information content (AvgIpc) is 2.99. The van der Waals surface area contributed by atoms with Crippen molar-refractivity contribution in [3.8, 4) is 0 Å². The van der Waals surface area contributed by atoms with Crippen LogP contribution in [0.25, 0.3) is 0 Å². The summed E-state index contributed by atoms with van der Waals surface area (Å²) in [4.78, 5) is 13.7. The zero-order valence-electron chi connectivity index (χ0n) is 14.4. The van der Waals surface area contributed by atoms with Gasteiger partial charge in [0.2, 0.25) is 5.95 Å². The van der Waals surface area contributed by atoms with Crippen molar-refractivity contribution in [3.05, 3.63) is 35.8 Å². The zero-order valence-corrected chi connectivity index (χ0v) is 14.4. The monoisotopic (exact) mass is 324 g/mol.